The van der Waals surface area contributed by atoms with Gasteiger partial charge in [0.25, 0.3) is 5.69 Å². The van der Waals surface area contributed by atoms with Gasteiger partial charge in [-0.05, 0) is 12.0 Å². The van der Waals surface area contributed by atoms with E-state index < -0.39 is 11.0 Å². The van der Waals surface area contributed by atoms with E-state index in [1.807, 2.05) is 0 Å². The third-order valence-corrected chi connectivity index (χ3v) is 3.07. The Bertz CT molecular complexity index is 463. The fourth-order valence-electron chi connectivity index (χ4n) is 1.83. The van der Waals surface area contributed by atoms with Crippen LogP contribution < -0.4 is 5.32 Å². The molecule has 1 saturated heterocycles. The average molecular weight is 271 g/mol. The number of amides is 1. The lowest BCUT2D eigenvalue weighted by atomic mass is 10.0. The highest BCUT2D eigenvalue weighted by molar-refractivity contribution is 6.18. The molecule has 2 rings (SSSR count). The second-order valence-corrected chi connectivity index (χ2v) is 4.29. The second-order valence-electron chi connectivity index (χ2n) is 3.98. The fourth-order valence-corrected chi connectivity index (χ4v) is 2.11. The second kappa shape index (κ2) is 5.22. The molecule has 18 heavy (non-hydrogen) atoms. The lowest BCUT2D eigenvalue weighted by Gasteiger charge is -2.13. The zero-order valence-electron chi connectivity index (χ0n) is 9.34. The molecular weight excluding hydrogens is 260 g/mol. The molecule has 1 aliphatic heterocycles. The lowest BCUT2D eigenvalue weighted by molar-refractivity contribution is -0.384. The van der Waals surface area contributed by atoms with Crippen LogP contribution in [0, 0.1) is 10.1 Å². The maximum atomic E-state index is 11.1. The number of nitrogens with zero attached hydrogens (tertiary/aromatic N) is 1. The maximum absolute atomic E-state index is 11.1. The third kappa shape index (κ3) is 2.70. The smallest absolute Gasteiger partial charge is 0.407 e. The highest BCUT2D eigenvalue weighted by Crippen LogP contribution is 2.18. The van der Waals surface area contributed by atoms with E-state index in [-0.39, 0.29) is 23.7 Å². The van der Waals surface area contributed by atoms with E-state index >= 15 is 0 Å². The molecule has 1 aromatic carbocycles. The van der Waals surface area contributed by atoms with Crippen molar-refractivity contribution in [2.75, 3.05) is 5.88 Å². The van der Waals surface area contributed by atoms with Gasteiger partial charge in [0.05, 0.1) is 16.8 Å². The minimum absolute atomic E-state index is 0.0411. The first-order chi connectivity index (χ1) is 8.60. The normalized spacial score (nSPS) is 22.4. The van der Waals surface area contributed by atoms with Gasteiger partial charge in [-0.25, -0.2) is 4.79 Å². The van der Waals surface area contributed by atoms with E-state index in [0.29, 0.717) is 6.42 Å². The number of nitro groups is 1. The van der Waals surface area contributed by atoms with Gasteiger partial charge in [-0.1, -0.05) is 12.1 Å². The summed E-state index contributed by atoms with van der Waals surface area (Å²) in [5, 5.41) is 13.2. The van der Waals surface area contributed by atoms with Gasteiger partial charge in [0.1, 0.15) is 6.10 Å². The molecule has 0 aromatic heterocycles. The van der Waals surface area contributed by atoms with Crippen LogP contribution in [0.2, 0.25) is 0 Å². The minimum atomic E-state index is -0.479. The van der Waals surface area contributed by atoms with Gasteiger partial charge in [0, 0.05) is 12.1 Å². The van der Waals surface area contributed by atoms with Crippen molar-refractivity contribution < 1.29 is 14.5 Å². The zero-order valence-corrected chi connectivity index (χ0v) is 10.1. The Balaban J connectivity index is 2.05. The monoisotopic (exact) mass is 270 g/mol. The number of non-ortho nitro benzene ring substituents is 1. The van der Waals surface area contributed by atoms with Crippen LogP contribution in [0.5, 0.6) is 0 Å². The number of cyclic esters (lactones) is 1. The van der Waals surface area contributed by atoms with Crippen LogP contribution in [0.25, 0.3) is 0 Å². The molecule has 96 valence electrons. The fraction of sp³-hybridized carbons (Fsp3) is 0.364. The Morgan fingerprint density at radius 3 is 2.61 bits per heavy atom. The Morgan fingerprint density at radius 1 is 1.39 bits per heavy atom. The lowest BCUT2D eigenvalue weighted by Crippen LogP contribution is -2.34. The van der Waals surface area contributed by atoms with Gasteiger partial charge in [-0.2, -0.15) is 0 Å². The molecule has 1 aromatic rings. The molecule has 0 spiro atoms. The van der Waals surface area contributed by atoms with Gasteiger partial charge in [-0.3, -0.25) is 10.1 Å². The van der Waals surface area contributed by atoms with E-state index in [9.17, 15) is 14.9 Å². The quantitative estimate of drug-likeness (QED) is 0.514. The molecule has 6 nitrogen and oxygen atoms in total. The average Bonchev–Trinajstić information content (AvgIpc) is 2.70. The van der Waals surface area contributed by atoms with Crippen LogP contribution in [0.1, 0.15) is 5.56 Å². The number of benzene rings is 1. The number of halogens is 1. The number of alkyl halides is 1. The molecule has 0 aliphatic carbocycles. The topological polar surface area (TPSA) is 81.5 Å². The summed E-state index contributed by atoms with van der Waals surface area (Å²) in [5.74, 6) is 0.219. The summed E-state index contributed by atoms with van der Waals surface area (Å²) < 4.78 is 4.97. The summed E-state index contributed by atoms with van der Waals surface area (Å²) in [5.41, 5.74) is 0.922. The SMILES string of the molecule is O=C1NC(Cc2ccc([N+](=O)[O-])cc2)C(CCl)O1. The van der Waals surface area contributed by atoms with E-state index in [0.717, 1.165) is 5.56 Å². The number of ether oxygens (including phenoxy) is 1. The van der Waals surface area contributed by atoms with Gasteiger partial charge in [-0.15, -0.1) is 11.6 Å². The van der Waals surface area contributed by atoms with Crippen molar-refractivity contribution in [3.8, 4) is 0 Å². The Labute approximate surface area is 108 Å². The van der Waals surface area contributed by atoms with Crippen LogP contribution in [-0.4, -0.2) is 29.0 Å². The van der Waals surface area contributed by atoms with Crippen molar-refractivity contribution in [3.63, 3.8) is 0 Å². The van der Waals surface area contributed by atoms with Crippen molar-refractivity contribution in [2.24, 2.45) is 0 Å². The van der Waals surface area contributed by atoms with Crippen molar-refractivity contribution in [3.05, 3.63) is 39.9 Å². The van der Waals surface area contributed by atoms with Crippen molar-refractivity contribution in [1.29, 1.82) is 0 Å². The summed E-state index contributed by atoms with van der Waals surface area (Å²) in [7, 11) is 0. The first-order valence-corrected chi connectivity index (χ1v) is 5.90. The summed E-state index contributed by atoms with van der Waals surface area (Å²) in [6.45, 7) is 0. The number of nitrogens with one attached hydrogen (secondary N) is 1. The molecule has 2 atom stereocenters. The number of alkyl carbamates (subject to hydrolysis) is 1. The van der Waals surface area contributed by atoms with Gasteiger partial charge < -0.3 is 10.1 Å². The highest BCUT2D eigenvalue weighted by Gasteiger charge is 2.33. The highest BCUT2D eigenvalue weighted by atomic mass is 35.5. The molecule has 0 saturated carbocycles. The molecule has 1 amide bonds. The molecule has 7 heteroatoms. The molecule has 1 heterocycles. The van der Waals surface area contributed by atoms with Crippen LogP contribution in [0.3, 0.4) is 0 Å². The standard InChI is InChI=1S/C11H11ClN2O4/c12-6-10-9(13-11(15)18-10)5-7-1-3-8(4-2-7)14(16)17/h1-4,9-10H,5-6H2,(H,13,15). The number of hydrogen-bond acceptors (Lipinski definition) is 4. The molecule has 1 aliphatic rings. The van der Waals surface area contributed by atoms with Crippen molar-refractivity contribution >= 4 is 23.4 Å². The number of hydrogen-bond donors (Lipinski definition) is 1. The van der Waals surface area contributed by atoms with Crippen LogP contribution >= 0.6 is 11.6 Å². The number of carbonyl (C=O) groups excluding carboxylic acids is 1. The van der Waals surface area contributed by atoms with Crippen molar-refractivity contribution in [2.45, 2.75) is 18.6 Å². The first kappa shape index (κ1) is 12.6. The Kier molecular flexibility index (Phi) is 3.66. The summed E-state index contributed by atoms with van der Waals surface area (Å²) in [4.78, 5) is 21.1. The minimum Gasteiger partial charge on any atom is -0.443 e. The van der Waals surface area contributed by atoms with E-state index in [1.54, 1.807) is 12.1 Å². The molecular formula is C11H11ClN2O4. The Morgan fingerprint density at radius 2 is 2.06 bits per heavy atom. The summed E-state index contributed by atoms with van der Waals surface area (Å²) >= 11 is 5.69. The third-order valence-electron chi connectivity index (χ3n) is 2.77. The van der Waals surface area contributed by atoms with Crippen LogP contribution in [0.15, 0.2) is 24.3 Å². The summed E-state index contributed by atoms with van der Waals surface area (Å²) in [6, 6.07) is 5.99. The van der Waals surface area contributed by atoms with E-state index in [4.69, 9.17) is 16.3 Å². The van der Waals surface area contributed by atoms with Gasteiger partial charge in [0.2, 0.25) is 0 Å². The van der Waals surface area contributed by atoms with Crippen LogP contribution in [0.4, 0.5) is 10.5 Å². The van der Waals surface area contributed by atoms with Crippen LogP contribution in [-0.2, 0) is 11.2 Å². The molecule has 2 unspecified atom stereocenters. The van der Waals surface area contributed by atoms with Crippen molar-refractivity contribution in [1.82, 2.24) is 5.32 Å². The number of carbonyl (C=O) groups is 1. The van der Waals surface area contributed by atoms with Gasteiger partial charge in [0.15, 0.2) is 0 Å². The predicted molar refractivity (Wildman–Crippen MR) is 64.7 cm³/mol. The van der Waals surface area contributed by atoms with Gasteiger partial charge >= 0.3 is 6.09 Å². The molecule has 1 fully saturated rings. The molecule has 0 radical (unpaired) electrons. The molecule has 0 bridgehead atoms. The maximum Gasteiger partial charge on any atom is 0.407 e. The molecule has 1 N–H and O–H groups in total. The summed E-state index contributed by atoms with van der Waals surface area (Å²) in [6.07, 6.45) is -0.317. The Hall–Kier alpha value is -1.82. The number of nitro benzene ring substituents is 1. The van der Waals surface area contributed by atoms with E-state index in [2.05, 4.69) is 5.32 Å². The predicted octanol–water partition coefficient (Wildman–Crippen LogP) is 1.85. The first-order valence-electron chi connectivity index (χ1n) is 5.36. The largest absolute Gasteiger partial charge is 0.443 e. The zero-order chi connectivity index (χ0) is 13.1. The number of rotatable bonds is 4. The van der Waals surface area contributed by atoms with E-state index in [1.165, 1.54) is 12.1 Å².